The molecule has 2 N–H and O–H groups in total. The van der Waals surface area contributed by atoms with Crippen LogP contribution in [0.1, 0.15) is 11.1 Å². The predicted octanol–water partition coefficient (Wildman–Crippen LogP) is 1.39. The molecule has 1 aromatic heterocycles. The number of imidazole rings is 1. The summed E-state index contributed by atoms with van der Waals surface area (Å²) < 4.78 is 2.04. The van der Waals surface area contributed by atoms with Gasteiger partial charge in [-0.15, -0.1) is 0 Å². The molecule has 3 nitrogen and oxygen atoms in total. The fourth-order valence-corrected chi connectivity index (χ4v) is 1.49. The van der Waals surface area contributed by atoms with E-state index in [1.54, 1.807) is 6.20 Å². The number of nitrogens with two attached hydrogens (primary N) is 1. The van der Waals surface area contributed by atoms with Crippen LogP contribution in [0.2, 0.25) is 0 Å². The second kappa shape index (κ2) is 4.07. The summed E-state index contributed by atoms with van der Waals surface area (Å²) in [6.45, 7) is 1.43. The molecule has 0 bridgehead atoms. The molecule has 0 radical (unpaired) electrons. The zero-order valence-electron chi connectivity index (χ0n) is 7.93. The van der Waals surface area contributed by atoms with E-state index in [9.17, 15) is 0 Å². The molecule has 0 saturated heterocycles. The van der Waals surface area contributed by atoms with Gasteiger partial charge in [0.05, 0.1) is 6.33 Å². The summed E-state index contributed by atoms with van der Waals surface area (Å²) in [6.07, 6.45) is 5.55. The van der Waals surface area contributed by atoms with E-state index < -0.39 is 0 Å². The zero-order chi connectivity index (χ0) is 9.80. The molecule has 3 heteroatoms. The summed E-state index contributed by atoms with van der Waals surface area (Å²) in [4.78, 5) is 4.01. The third-order valence-electron chi connectivity index (χ3n) is 2.25. The van der Waals surface area contributed by atoms with E-state index in [1.165, 1.54) is 11.1 Å². The van der Waals surface area contributed by atoms with Crippen LogP contribution in [0.15, 0.2) is 43.0 Å². The fraction of sp³-hybridized carbons (Fsp3) is 0.182. The number of rotatable bonds is 3. The van der Waals surface area contributed by atoms with E-state index in [0.717, 1.165) is 6.54 Å². The monoisotopic (exact) mass is 187 g/mol. The molecule has 0 fully saturated rings. The number of hydrogen-bond acceptors (Lipinski definition) is 2. The van der Waals surface area contributed by atoms with Gasteiger partial charge in [0.15, 0.2) is 0 Å². The minimum Gasteiger partial charge on any atom is -0.333 e. The van der Waals surface area contributed by atoms with Gasteiger partial charge in [0.2, 0.25) is 0 Å². The molecule has 0 aliphatic heterocycles. The molecule has 1 heterocycles. The van der Waals surface area contributed by atoms with Gasteiger partial charge in [-0.1, -0.05) is 24.3 Å². The van der Waals surface area contributed by atoms with Crippen LogP contribution in [-0.4, -0.2) is 9.55 Å². The van der Waals surface area contributed by atoms with Crippen LogP contribution in [0.4, 0.5) is 0 Å². The van der Waals surface area contributed by atoms with Crippen molar-refractivity contribution >= 4 is 0 Å². The molecule has 0 amide bonds. The third-order valence-corrected chi connectivity index (χ3v) is 2.25. The Morgan fingerprint density at radius 3 is 2.64 bits per heavy atom. The molecule has 72 valence electrons. The fourth-order valence-electron chi connectivity index (χ4n) is 1.49. The molecule has 1 aromatic carbocycles. The van der Waals surface area contributed by atoms with Crippen LogP contribution < -0.4 is 5.73 Å². The van der Waals surface area contributed by atoms with Gasteiger partial charge in [0, 0.05) is 25.5 Å². The van der Waals surface area contributed by atoms with Gasteiger partial charge in [-0.2, -0.15) is 0 Å². The van der Waals surface area contributed by atoms with Gasteiger partial charge < -0.3 is 10.3 Å². The summed E-state index contributed by atoms with van der Waals surface area (Å²) >= 11 is 0. The summed E-state index contributed by atoms with van der Waals surface area (Å²) in [7, 11) is 0. The molecule has 0 aliphatic carbocycles. The molecule has 0 spiro atoms. The van der Waals surface area contributed by atoms with E-state index >= 15 is 0 Å². The van der Waals surface area contributed by atoms with Crippen molar-refractivity contribution in [1.29, 1.82) is 0 Å². The van der Waals surface area contributed by atoms with Gasteiger partial charge in [0.25, 0.3) is 0 Å². The zero-order valence-corrected chi connectivity index (χ0v) is 7.93. The second-order valence-corrected chi connectivity index (χ2v) is 3.21. The third kappa shape index (κ3) is 1.83. The van der Waals surface area contributed by atoms with Crippen molar-refractivity contribution in [3.8, 4) is 0 Å². The minimum absolute atomic E-state index is 0.588. The SMILES string of the molecule is NCc1ccccc1Cn1ccnc1. The van der Waals surface area contributed by atoms with Crippen molar-refractivity contribution in [2.45, 2.75) is 13.1 Å². The lowest BCUT2D eigenvalue weighted by Gasteiger charge is -2.07. The highest BCUT2D eigenvalue weighted by molar-refractivity contribution is 5.27. The Hall–Kier alpha value is -1.61. The summed E-state index contributed by atoms with van der Waals surface area (Å²) in [5, 5.41) is 0. The Bertz CT molecular complexity index is 393. The van der Waals surface area contributed by atoms with Crippen molar-refractivity contribution < 1.29 is 0 Å². The topological polar surface area (TPSA) is 43.8 Å². The highest BCUT2D eigenvalue weighted by Crippen LogP contribution is 2.09. The molecular formula is C11H13N3. The lowest BCUT2D eigenvalue weighted by Crippen LogP contribution is -2.04. The van der Waals surface area contributed by atoms with Crippen molar-refractivity contribution in [2.24, 2.45) is 5.73 Å². The minimum atomic E-state index is 0.588. The largest absolute Gasteiger partial charge is 0.333 e. The molecule has 2 rings (SSSR count). The molecule has 0 atom stereocenters. The first-order chi connectivity index (χ1) is 6.90. The van der Waals surface area contributed by atoms with Crippen molar-refractivity contribution in [3.63, 3.8) is 0 Å². The van der Waals surface area contributed by atoms with Crippen molar-refractivity contribution in [3.05, 3.63) is 54.1 Å². The van der Waals surface area contributed by atoms with Gasteiger partial charge >= 0.3 is 0 Å². The maximum Gasteiger partial charge on any atom is 0.0949 e. The molecule has 0 aliphatic rings. The van der Waals surface area contributed by atoms with E-state index in [1.807, 2.05) is 29.2 Å². The maximum absolute atomic E-state index is 5.65. The summed E-state index contributed by atoms with van der Waals surface area (Å²) in [5.74, 6) is 0. The van der Waals surface area contributed by atoms with E-state index in [2.05, 4.69) is 17.1 Å². The smallest absolute Gasteiger partial charge is 0.0949 e. The Morgan fingerprint density at radius 2 is 2.00 bits per heavy atom. The highest BCUT2D eigenvalue weighted by atomic mass is 15.0. The maximum atomic E-state index is 5.65. The van der Waals surface area contributed by atoms with E-state index in [-0.39, 0.29) is 0 Å². The van der Waals surface area contributed by atoms with Crippen molar-refractivity contribution in [2.75, 3.05) is 0 Å². The number of hydrogen-bond donors (Lipinski definition) is 1. The van der Waals surface area contributed by atoms with Crippen LogP contribution in [0.25, 0.3) is 0 Å². The lowest BCUT2D eigenvalue weighted by atomic mass is 10.1. The van der Waals surface area contributed by atoms with E-state index in [4.69, 9.17) is 5.73 Å². The molecule has 14 heavy (non-hydrogen) atoms. The lowest BCUT2D eigenvalue weighted by molar-refractivity contribution is 0.785. The normalized spacial score (nSPS) is 10.4. The van der Waals surface area contributed by atoms with Crippen molar-refractivity contribution in [1.82, 2.24) is 9.55 Å². The Balaban J connectivity index is 2.24. The average molecular weight is 187 g/mol. The standard InChI is InChI=1S/C11H13N3/c12-7-10-3-1-2-4-11(10)8-14-6-5-13-9-14/h1-6,9H,7-8,12H2. The summed E-state index contributed by atoms with van der Waals surface area (Å²) in [6, 6.07) is 8.21. The van der Waals surface area contributed by atoms with Crippen LogP contribution in [0.3, 0.4) is 0 Å². The highest BCUT2D eigenvalue weighted by Gasteiger charge is 1.99. The summed E-state index contributed by atoms with van der Waals surface area (Å²) in [5.41, 5.74) is 8.11. The molecule has 0 unspecified atom stereocenters. The Kier molecular flexibility index (Phi) is 2.60. The molecule has 2 aromatic rings. The van der Waals surface area contributed by atoms with E-state index in [0.29, 0.717) is 6.54 Å². The quantitative estimate of drug-likeness (QED) is 0.789. The Morgan fingerprint density at radius 1 is 1.21 bits per heavy atom. The number of nitrogens with zero attached hydrogens (tertiary/aromatic N) is 2. The molecular weight excluding hydrogens is 174 g/mol. The first kappa shape index (κ1) is 8.97. The van der Waals surface area contributed by atoms with Crippen LogP contribution in [0.5, 0.6) is 0 Å². The van der Waals surface area contributed by atoms with Gasteiger partial charge in [-0.05, 0) is 11.1 Å². The average Bonchev–Trinajstić information content (AvgIpc) is 2.71. The van der Waals surface area contributed by atoms with Crippen LogP contribution >= 0.6 is 0 Å². The first-order valence-electron chi connectivity index (χ1n) is 4.63. The Labute approximate surface area is 83.2 Å². The number of benzene rings is 1. The van der Waals surface area contributed by atoms with Crippen LogP contribution in [0, 0.1) is 0 Å². The number of aromatic nitrogens is 2. The van der Waals surface area contributed by atoms with Gasteiger partial charge in [-0.3, -0.25) is 0 Å². The van der Waals surface area contributed by atoms with Gasteiger partial charge in [0.1, 0.15) is 0 Å². The second-order valence-electron chi connectivity index (χ2n) is 3.21. The molecule has 0 saturated carbocycles. The van der Waals surface area contributed by atoms with Gasteiger partial charge in [-0.25, -0.2) is 4.98 Å². The predicted molar refractivity (Wildman–Crippen MR) is 55.7 cm³/mol. The first-order valence-corrected chi connectivity index (χ1v) is 4.63. The van der Waals surface area contributed by atoms with Crippen LogP contribution in [-0.2, 0) is 13.1 Å².